The lowest BCUT2D eigenvalue weighted by molar-refractivity contribution is -0.136. The number of hydrogen-bond acceptors (Lipinski definition) is 4. The van der Waals surface area contributed by atoms with E-state index in [0.717, 1.165) is 0 Å². The lowest BCUT2D eigenvalue weighted by Gasteiger charge is -2.21. The number of carbonyl (C=O) groups is 2. The Balaban J connectivity index is 1.95. The fourth-order valence-electron chi connectivity index (χ4n) is 2.42. The van der Waals surface area contributed by atoms with Crippen molar-refractivity contribution in [3.63, 3.8) is 0 Å². The average molecular weight is 425 g/mol. The summed E-state index contributed by atoms with van der Waals surface area (Å²) < 4.78 is 11.1. The predicted molar refractivity (Wildman–Crippen MR) is 110 cm³/mol. The van der Waals surface area contributed by atoms with Gasteiger partial charge >= 0.3 is 0 Å². The topological polar surface area (TPSA) is 67.9 Å². The largest absolute Gasteiger partial charge is 0.490 e. The van der Waals surface area contributed by atoms with Crippen molar-refractivity contribution >= 4 is 40.7 Å². The van der Waals surface area contributed by atoms with Crippen molar-refractivity contribution < 1.29 is 19.1 Å². The fraction of sp³-hybridized carbons (Fsp3) is 0.300. The normalized spacial score (nSPS) is 10.3. The van der Waals surface area contributed by atoms with Crippen LogP contribution in [0.15, 0.2) is 42.5 Å². The molecule has 0 aliphatic heterocycles. The monoisotopic (exact) mass is 424 g/mol. The number of nitrogens with zero attached hydrogens (tertiary/aromatic N) is 1. The highest BCUT2D eigenvalue weighted by molar-refractivity contribution is 6.39. The van der Waals surface area contributed by atoms with Crippen LogP contribution >= 0.6 is 23.2 Å². The lowest BCUT2D eigenvalue weighted by Crippen LogP contribution is -2.40. The van der Waals surface area contributed by atoms with Crippen molar-refractivity contribution in [3.05, 3.63) is 52.5 Å². The molecule has 2 aromatic rings. The number of benzene rings is 2. The summed E-state index contributed by atoms with van der Waals surface area (Å²) in [7, 11) is 0. The zero-order valence-electron chi connectivity index (χ0n) is 15.7. The first-order chi connectivity index (χ1) is 13.5. The summed E-state index contributed by atoms with van der Waals surface area (Å²) in [4.78, 5) is 26.2. The quantitative estimate of drug-likeness (QED) is 0.652. The summed E-state index contributed by atoms with van der Waals surface area (Å²) in [5.74, 6) is 0.308. The van der Waals surface area contributed by atoms with Crippen LogP contribution in [0.25, 0.3) is 0 Å². The zero-order valence-corrected chi connectivity index (χ0v) is 17.2. The van der Waals surface area contributed by atoms with Gasteiger partial charge in [0.15, 0.2) is 18.1 Å². The maximum absolute atomic E-state index is 12.5. The summed E-state index contributed by atoms with van der Waals surface area (Å²) in [5, 5.41) is 3.29. The molecule has 0 unspecified atom stereocenters. The molecule has 28 heavy (non-hydrogen) atoms. The van der Waals surface area contributed by atoms with Gasteiger partial charge in [-0.25, -0.2) is 0 Å². The molecular weight excluding hydrogens is 403 g/mol. The second kappa shape index (κ2) is 10.8. The second-order valence-corrected chi connectivity index (χ2v) is 6.54. The number of rotatable bonds is 9. The highest BCUT2D eigenvalue weighted by Crippen LogP contribution is 2.29. The van der Waals surface area contributed by atoms with Crippen molar-refractivity contribution in [1.82, 2.24) is 4.90 Å². The molecular formula is C20H22Cl2N2O4. The van der Waals surface area contributed by atoms with Crippen LogP contribution in [0, 0.1) is 0 Å². The Morgan fingerprint density at radius 2 is 1.57 bits per heavy atom. The molecule has 0 saturated heterocycles. The SMILES string of the molecule is CCOc1ccccc1OCC(=O)N(CC)CC(=O)Nc1c(Cl)cccc1Cl. The van der Waals surface area contributed by atoms with Gasteiger partial charge in [0, 0.05) is 6.54 Å². The molecule has 0 aliphatic carbocycles. The maximum atomic E-state index is 12.5. The smallest absolute Gasteiger partial charge is 0.260 e. The van der Waals surface area contributed by atoms with Gasteiger partial charge in [-0.1, -0.05) is 41.4 Å². The van der Waals surface area contributed by atoms with Crippen molar-refractivity contribution in [2.45, 2.75) is 13.8 Å². The highest BCUT2D eigenvalue weighted by Gasteiger charge is 2.18. The minimum Gasteiger partial charge on any atom is -0.490 e. The van der Waals surface area contributed by atoms with E-state index >= 15 is 0 Å². The third-order valence-corrected chi connectivity index (χ3v) is 4.43. The van der Waals surface area contributed by atoms with E-state index in [9.17, 15) is 9.59 Å². The van der Waals surface area contributed by atoms with Crippen molar-refractivity contribution in [1.29, 1.82) is 0 Å². The number of anilines is 1. The van der Waals surface area contributed by atoms with E-state index in [-0.39, 0.29) is 19.1 Å². The number of ether oxygens (including phenoxy) is 2. The third kappa shape index (κ3) is 6.04. The summed E-state index contributed by atoms with van der Waals surface area (Å²) in [6.07, 6.45) is 0. The first-order valence-electron chi connectivity index (χ1n) is 8.82. The molecule has 0 bridgehead atoms. The van der Waals surface area contributed by atoms with E-state index in [1.165, 1.54) is 4.90 Å². The van der Waals surface area contributed by atoms with E-state index in [2.05, 4.69) is 5.32 Å². The Hall–Kier alpha value is -2.44. The van der Waals surface area contributed by atoms with Gasteiger partial charge in [0.1, 0.15) is 0 Å². The summed E-state index contributed by atoms with van der Waals surface area (Å²) in [6, 6.07) is 12.0. The third-order valence-electron chi connectivity index (χ3n) is 3.80. The first kappa shape index (κ1) is 21.9. The maximum Gasteiger partial charge on any atom is 0.260 e. The van der Waals surface area contributed by atoms with E-state index in [0.29, 0.717) is 40.4 Å². The van der Waals surface area contributed by atoms with Crippen molar-refractivity contribution in [2.75, 3.05) is 31.6 Å². The molecule has 150 valence electrons. The number of nitrogens with one attached hydrogen (secondary N) is 1. The van der Waals surface area contributed by atoms with Crippen LogP contribution in [0.3, 0.4) is 0 Å². The number of carbonyl (C=O) groups excluding carboxylic acids is 2. The number of hydrogen-bond donors (Lipinski definition) is 1. The van der Waals surface area contributed by atoms with Crippen LogP contribution in [-0.4, -0.2) is 43.0 Å². The molecule has 2 rings (SSSR count). The summed E-state index contributed by atoms with van der Waals surface area (Å²) in [5.41, 5.74) is 0.321. The highest BCUT2D eigenvalue weighted by atomic mass is 35.5. The van der Waals surface area contributed by atoms with Crippen LogP contribution in [0.2, 0.25) is 10.0 Å². The van der Waals surface area contributed by atoms with Crippen LogP contribution in [0.1, 0.15) is 13.8 Å². The van der Waals surface area contributed by atoms with Crippen LogP contribution < -0.4 is 14.8 Å². The molecule has 0 heterocycles. The molecule has 2 aromatic carbocycles. The van der Waals surface area contributed by atoms with Crippen LogP contribution in [0.4, 0.5) is 5.69 Å². The molecule has 0 aliphatic rings. The van der Waals surface area contributed by atoms with Gasteiger partial charge < -0.3 is 19.7 Å². The Kier molecular flexibility index (Phi) is 8.42. The van der Waals surface area contributed by atoms with E-state index < -0.39 is 5.91 Å². The first-order valence-corrected chi connectivity index (χ1v) is 9.58. The Morgan fingerprint density at radius 3 is 2.14 bits per heavy atom. The Morgan fingerprint density at radius 1 is 0.964 bits per heavy atom. The van der Waals surface area contributed by atoms with E-state index in [4.69, 9.17) is 32.7 Å². The van der Waals surface area contributed by atoms with Gasteiger partial charge in [-0.15, -0.1) is 0 Å². The molecule has 2 amide bonds. The van der Waals surface area contributed by atoms with E-state index in [1.807, 2.05) is 13.0 Å². The fourth-order valence-corrected chi connectivity index (χ4v) is 2.91. The molecule has 1 N–H and O–H groups in total. The number of amides is 2. The molecule has 0 saturated carbocycles. The summed E-state index contributed by atoms with van der Waals surface area (Å²) in [6.45, 7) is 4.12. The molecule has 0 aromatic heterocycles. The predicted octanol–water partition coefficient (Wildman–Crippen LogP) is 4.26. The van der Waals surface area contributed by atoms with Gasteiger partial charge in [0.25, 0.3) is 5.91 Å². The van der Waals surface area contributed by atoms with Crippen LogP contribution in [-0.2, 0) is 9.59 Å². The van der Waals surface area contributed by atoms with Gasteiger partial charge in [0.05, 0.1) is 28.9 Å². The van der Waals surface area contributed by atoms with Crippen LogP contribution in [0.5, 0.6) is 11.5 Å². The molecule has 6 nitrogen and oxygen atoms in total. The number of halogens is 2. The Labute approximate surface area is 174 Å². The zero-order chi connectivity index (χ0) is 20.5. The Bertz CT molecular complexity index is 809. The molecule has 0 radical (unpaired) electrons. The van der Waals surface area contributed by atoms with Gasteiger partial charge in [0.2, 0.25) is 5.91 Å². The van der Waals surface area contributed by atoms with Gasteiger partial charge in [-0.2, -0.15) is 0 Å². The molecule has 0 fully saturated rings. The number of likely N-dealkylation sites (N-methyl/N-ethyl adjacent to an activating group) is 1. The van der Waals surface area contributed by atoms with Crippen molar-refractivity contribution in [2.24, 2.45) is 0 Å². The average Bonchev–Trinajstić information content (AvgIpc) is 2.68. The minimum absolute atomic E-state index is 0.145. The molecule has 8 heteroatoms. The summed E-state index contributed by atoms with van der Waals surface area (Å²) >= 11 is 12.1. The van der Waals surface area contributed by atoms with Gasteiger partial charge in [-0.05, 0) is 38.1 Å². The van der Waals surface area contributed by atoms with E-state index in [1.54, 1.807) is 43.3 Å². The lowest BCUT2D eigenvalue weighted by atomic mass is 10.3. The molecule has 0 atom stereocenters. The number of para-hydroxylation sites is 3. The van der Waals surface area contributed by atoms with Crippen molar-refractivity contribution in [3.8, 4) is 11.5 Å². The minimum atomic E-state index is -0.403. The van der Waals surface area contributed by atoms with Gasteiger partial charge in [-0.3, -0.25) is 9.59 Å². The standard InChI is InChI=1S/C20H22Cl2N2O4/c1-3-24(12-18(25)23-20-14(21)8-7-9-15(20)22)19(26)13-28-17-11-6-5-10-16(17)27-4-2/h5-11H,3-4,12-13H2,1-2H3,(H,23,25). The molecule has 0 spiro atoms. The second-order valence-electron chi connectivity index (χ2n) is 5.72.